The summed E-state index contributed by atoms with van der Waals surface area (Å²) in [6, 6.07) is 0. The standard InChI is InChI=1S/C19H25IO/c1-18-9-7-14-12(13(18)5-6-17(18)20)10-16-15-4-2-3-8-19(14,15)11-21-16/h4,6,12-14,16H,2-3,5,7-11H2,1H3/t12-,13-,14-,16?,18-,19-/m0/s1. The maximum atomic E-state index is 6.33. The highest BCUT2D eigenvalue weighted by molar-refractivity contribution is 14.1. The Kier molecular flexibility index (Phi) is 2.83. The van der Waals surface area contributed by atoms with E-state index in [4.69, 9.17) is 4.74 Å². The Bertz CT molecular complexity index is 550. The first-order valence-corrected chi connectivity index (χ1v) is 9.91. The molecular weight excluding hydrogens is 371 g/mol. The Morgan fingerprint density at radius 1 is 1.24 bits per heavy atom. The molecular formula is C19H25IO. The van der Waals surface area contributed by atoms with Crippen LogP contribution in [0.2, 0.25) is 0 Å². The Labute approximate surface area is 141 Å². The van der Waals surface area contributed by atoms with Gasteiger partial charge in [0.15, 0.2) is 0 Å². The number of rotatable bonds is 0. The first kappa shape index (κ1) is 13.6. The van der Waals surface area contributed by atoms with Crippen LogP contribution in [0.5, 0.6) is 0 Å². The molecule has 114 valence electrons. The minimum atomic E-state index is 0.460. The smallest absolute Gasteiger partial charge is 0.0794 e. The van der Waals surface area contributed by atoms with E-state index in [1.54, 1.807) is 9.15 Å². The molecule has 6 atom stereocenters. The third-order valence-electron chi connectivity index (χ3n) is 7.77. The molecule has 0 N–H and O–H groups in total. The Morgan fingerprint density at radius 3 is 3.05 bits per heavy atom. The fraction of sp³-hybridized carbons (Fsp3) is 0.789. The maximum Gasteiger partial charge on any atom is 0.0794 e. The summed E-state index contributed by atoms with van der Waals surface area (Å²) in [5.41, 5.74) is 2.69. The van der Waals surface area contributed by atoms with E-state index < -0.39 is 0 Å². The third-order valence-corrected chi connectivity index (χ3v) is 9.45. The van der Waals surface area contributed by atoms with Crippen LogP contribution in [-0.2, 0) is 4.74 Å². The number of halogens is 1. The number of hydrogen-bond acceptors (Lipinski definition) is 1. The van der Waals surface area contributed by atoms with E-state index in [-0.39, 0.29) is 0 Å². The Morgan fingerprint density at radius 2 is 2.14 bits per heavy atom. The van der Waals surface area contributed by atoms with Crippen molar-refractivity contribution in [3.63, 3.8) is 0 Å². The molecule has 0 aromatic rings. The minimum Gasteiger partial charge on any atom is -0.373 e. The van der Waals surface area contributed by atoms with Crippen molar-refractivity contribution in [3.05, 3.63) is 21.3 Å². The average Bonchev–Trinajstić information content (AvgIpc) is 2.95. The third kappa shape index (κ3) is 1.57. The van der Waals surface area contributed by atoms with Crippen LogP contribution in [0.25, 0.3) is 0 Å². The summed E-state index contributed by atoms with van der Waals surface area (Å²) in [6.07, 6.45) is 15.2. The highest BCUT2D eigenvalue weighted by atomic mass is 127. The predicted octanol–water partition coefficient (Wildman–Crippen LogP) is 5.26. The highest BCUT2D eigenvalue weighted by Crippen LogP contribution is 2.68. The van der Waals surface area contributed by atoms with Crippen LogP contribution in [0, 0.1) is 28.6 Å². The number of hydrogen-bond donors (Lipinski definition) is 0. The SMILES string of the molecule is C[C@]12CC[C@H]3[C@@H](CC4OC[C@@]35CCCC=C45)[C@@H]1CC=C2I. The van der Waals surface area contributed by atoms with Crippen LogP contribution in [-0.4, -0.2) is 12.7 Å². The van der Waals surface area contributed by atoms with Crippen molar-refractivity contribution in [2.45, 2.75) is 58.0 Å². The second kappa shape index (κ2) is 4.37. The van der Waals surface area contributed by atoms with Gasteiger partial charge in [0.05, 0.1) is 12.7 Å². The lowest BCUT2D eigenvalue weighted by molar-refractivity contribution is -0.0169. The van der Waals surface area contributed by atoms with Crippen LogP contribution in [0.15, 0.2) is 21.3 Å². The van der Waals surface area contributed by atoms with Crippen molar-refractivity contribution in [3.8, 4) is 0 Å². The molecule has 1 nitrogen and oxygen atoms in total. The molecule has 1 heterocycles. The topological polar surface area (TPSA) is 9.23 Å². The molecule has 0 spiro atoms. The molecule has 2 bridgehead atoms. The maximum absolute atomic E-state index is 6.33. The van der Waals surface area contributed by atoms with Gasteiger partial charge in [0.2, 0.25) is 0 Å². The molecule has 21 heavy (non-hydrogen) atoms. The van der Waals surface area contributed by atoms with E-state index in [1.165, 1.54) is 44.9 Å². The lowest BCUT2D eigenvalue weighted by Gasteiger charge is -2.56. The van der Waals surface area contributed by atoms with Crippen LogP contribution >= 0.6 is 22.6 Å². The molecule has 0 aromatic heterocycles. The summed E-state index contributed by atoms with van der Waals surface area (Å²) in [5, 5.41) is 0. The molecule has 5 rings (SSSR count). The van der Waals surface area contributed by atoms with E-state index in [1.807, 2.05) is 0 Å². The van der Waals surface area contributed by atoms with Gasteiger partial charge in [0.1, 0.15) is 0 Å². The molecule has 2 saturated carbocycles. The first-order valence-electron chi connectivity index (χ1n) is 8.83. The zero-order valence-electron chi connectivity index (χ0n) is 12.9. The van der Waals surface area contributed by atoms with Crippen molar-refractivity contribution in [1.82, 2.24) is 0 Å². The second-order valence-corrected chi connectivity index (χ2v) is 9.53. The van der Waals surface area contributed by atoms with E-state index in [2.05, 4.69) is 41.7 Å². The fourth-order valence-electron chi connectivity index (χ4n) is 6.74. The minimum absolute atomic E-state index is 0.460. The van der Waals surface area contributed by atoms with Crippen LogP contribution in [0.4, 0.5) is 0 Å². The van der Waals surface area contributed by atoms with E-state index in [9.17, 15) is 0 Å². The molecule has 0 radical (unpaired) electrons. The molecule has 3 fully saturated rings. The number of allylic oxidation sites excluding steroid dienone is 3. The molecule has 0 amide bonds. The quantitative estimate of drug-likeness (QED) is 0.401. The van der Waals surface area contributed by atoms with Crippen molar-refractivity contribution >= 4 is 22.6 Å². The molecule has 1 aliphatic heterocycles. The fourth-order valence-corrected chi connectivity index (χ4v) is 7.66. The molecule has 0 aromatic carbocycles. The van der Waals surface area contributed by atoms with Crippen LogP contribution in [0.1, 0.15) is 51.9 Å². The van der Waals surface area contributed by atoms with E-state index in [0.29, 0.717) is 16.9 Å². The Hall–Kier alpha value is 0.170. The summed E-state index contributed by atoms with van der Waals surface area (Å²) in [4.78, 5) is 0. The van der Waals surface area contributed by atoms with Gasteiger partial charge in [-0.25, -0.2) is 0 Å². The molecule has 5 aliphatic rings. The van der Waals surface area contributed by atoms with Crippen molar-refractivity contribution in [1.29, 1.82) is 0 Å². The number of ether oxygens (including phenoxy) is 1. The molecule has 4 aliphatic carbocycles. The molecule has 1 saturated heterocycles. The van der Waals surface area contributed by atoms with Gasteiger partial charge in [-0.1, -0.05) is 19.1 Å². The van der Waals surface area contributed by atoms with E-state index >= 15 is 0 Å². The van der Waals surface area contributed by atoms with Gasteiger partial charge in [-0.05, 0) is 94.4 Å². The van der Waals surface area contributed by atoms with Gasteiger partial charge < -0.3 is 4.74 Å². The molecule has 1 unspecified atom stereocenters. The number of fused-ring (bicyclic) bond motifs is 3. The Balaban J connectivity index is 1.57. The zero-order valence-corrected chi connectivity index (χ0v) is 15.1. The molecule has 2 heteroatoms. The summed E-state index contributed by atoms with van der Waals surface area (Å²) < 4.78 is 7.98. The normalized spacial score (nSPS) is 54.4. The summed E-state index contributed by atoms with van der Waals surface area (Å²) in [5.74, 6) is 2.72. The van der Waals surface area contributed by atoms with Gasteiger partial charge in [-0.2, -0.15) is 0 Å². The summed E-state index contributed by atoms with van der Waals surface area (Å²) in [6.45, 7) is 3.59. The van der Waals surface area contributed by atoms with Crippen LogP contribution < -0.4 is 0 Å². The van der Waals surface area contributed by atoms with Crippen LogP contribution in [0.3, 0.4) is 0 Å². The zero-order chi connectivity index (χ0) is 14.2. The predicted molar refractivity (Wildman–Crippen MR) is 93.3 cm³/mol. The van der Waals surface area contributed by atoms with Gasteiger partial charge in [-0.3, -0.25) is 0 Å². The lowest BCUT2D eigenvalue weighted by atomic mass is 9.47. The monoisotopic (exact) mass is 396 g/mol. The van der Waals surface area contributed by atoms with Crippen molar-refractivity contribution in [2.75, 3.05) is 6.61 Å². The highest BCUT2D eigenvalue weighted by Gasteiger charge is 2.62. The van der Waals surface area contributed by atoms with Gasteiger partial charge in [0, 0.05) is 10.8 Å². The van der Waals surface area contributed by atoms with Crippen molar-refractivity contribution < 1.29 is 4.74 Å². The van der Waals surface area contributed by atoms with Gasteiger partial charge >= 0.3 is 0 Å². The average molecular weight is 396 g/mol. The largest absolute Gasteiger partial charge is 0.373 e. The lowest BCUT2D eigenvalue weighted by Crippen LogP contribution is -2.51. The second-order valence-electron chi connectivity index (χ2n) is 8.36. The van der Waals surface area contributed by atoms with Crippen molar-refractivity contribution in [2.24, 2.45) is 28.6 Å². The van der Waals surface area contributed by atoms with Gasteiger partial charge in [-0.15, -0.1) is 0 Å². The van der Waals surface area contributed by atoms with Gasteiger partial charge in [0.25, 0.3) is 0 Å². The van der Waals surface area contributed by atoms with E-state index in [0.717, 1.165) is 24.4 Å². The first-order chi connectivity index (χ1) is 10.2. The summed E-state index contributed by atoms with van der Waals surface area (Å²) in [7, 11) is 0. The summed E-state index contributed by atoms with van der Waals surface area (Å²) >= 11 is 2.63.